The lowest BCUT2D eigenvalue weighted by Gasteiger charge is -2.08. The van der Waals surface area contributed by atoms with Gasteiger partial charge in [0.2, 0.25) is 0 Å². The number of ether oxygens (including phenoxy) is 2. The molecule has 0 heterocycles. The quantitative estimate of drug-likeness (QED) is 0.594. The maximum Gasteiger partial charge on any atom is 0.133 e. The largest absolute Gasteiger partial charge is 0.497 e. The summed E-state index contributed by atoms with van der Waals surface area (Å²) in [4.78, 5) is 0. The molecule has 1 aromatic rings. The molecule has 0 aliphatic heterocycles. The lowest BCUT2D eigenvalue weighted by atomic mass is 10.3. The number of hydrogen-bond donors (Lipinski definition) is 0. The maximum atomic E-state index is 5.50. The molecule has 76 valence electrons. The third kappa shape index (κ3) is 3.07. The highest BCUT2D eigenvalue weighted by molar-refractivity contribution is 9.10. The van der Waals surface area contributed by atoms with E-state index in [1.54, 1.807) is 7.11 Å². The molecule has 1 rings (SSSR count). The third-order valence-electron chi connectivity index (χ3n) is 1.72. The molecule has 0 saturated heterocycles. The summed E-state index contributed by atoms with van der Waals surface area (Å²) in [5.74, 6) is 1.64. The van der Waals surface area contributed by atoms with Crippen LogP contribution >= 0.6 is 15.9 Å². The van der Waals surface area contributed by atoms with Crippen LogP contribution in [0.15, 0.2) is 35.3 Å². The van der Waals surface area contributed by atoms with Gasteiger partial charge in [-0.05, 0) is 40.5 Å². The monoisotopic (exact) mass is 256 g/mol. The fourth-order valence-electron chi connectivity index (χ4n) is 0.978. The summed E-state index contributed by atoms with van der Waals surface area (Å²) in [7, 11) is 1.64. The van der Waals surface area contributed by atoms with Crippen molar-refractivity contribution in [2.75, 3.05) is 13.7 Å². The van der Waals surface area contributed by atoms with Gasteiger partial charge in [-0.3, -0.25) is 0 Å². The van der Waals surface area contributed by atoms with E-state index in [2.05, 4.69) is 22.5 Å². The second-order valence-electron chi connectivity index (χ2n) is 2.72. The predicted octanol–water partition coefficient (Wildman–Crippen LogP) is 3.41. The molecule has 1 aromatic carbocycles. The van der Waals surface area contributed by atoms with E-state index in [-0.39, 0.29) is 0 Å². The first-order chi connectivity index (χ1) is 6.77. The van der Waals surface area contributed by atoms with Gasteiger partial charge < -0.3 is 9.47 Å². The average Bonchev–Trinajstić information content (AvgIpc) is 2.20. The molecule has 0 saturated carbocycles. The van der Waals surface area contributed by atoms with Crippen molar-refractivity contribution in [2.45, 2.75) is 6.42 Å². The van der Waals surface area contributed by atoms with Crippen molar-refractivity contribution in [1.29, 1.82) is 0 Å². The summed E-state index contributed by atoms with van der Waals surface area (Å²) in [5.41, 5.74) is 0. The van der Waals surface area contributed by atoms with Crippen LogP contribution in [-0.2, 0) is 0 Å². The van der Waals surface area contributed by atoms with Crippen LogP contribution in [0.25, 0.3) is 0 Å². The Morgan fingerprint density at radius 1 is 1.50 bits per heavy atom. The van der Waals surface area contributed by atoms with Gasteiger partial charge in [0.05, 0.1) is 18.2 Å². The first kappa shape index (κ1) is 11.1. The molecule has 0 amide bonds. The minimum atomic E-state index is 0.647. The second-order valence-corrected chi connectivity index (χ2v) is 3.58. The van der Waals surface area contributed by atoms with Gasteiger partial charge in [0, 0.05) is 0 Å². The van der Waals surface area contributed by atoms with E-state index in [1.807, 2.05) is 24.3 Å². The molecule has 0 aliphatic carbocycles. The Hall–Kier alpha value is -0.960. The van der Waals surface area contributed by atoms with Gasteiger partial charge in [-0.25, -0.2) is 0 Å². The molecule has 0 aromatic heterocycles. The molecule has 0 bridgehead atoms. The third-order valence-corrected chi connectivity index (χ3v) is 2.34. The van der Waals surface area contributed by atoms with Gasteiger partial charge in [0.15, 0.2) is 0 Å². The van der Waals surface area contributed by atoms with Crippen LogP contribution in [0.4, 0.5) is 0 Å². The zero-order valence-electron chi connectivity index (χ0n) is 8.13. The van der Waals surface area contributed by atoms with E-state index in [9.17, 15) is 0 Å². The van der Waals surface area contributed by atoms with Crippen LogP contribution in [0.3, 0.4) is 0 Å². The zero-order chi connectivity index (χ0) is 10.4. The smallest absolute Gasteiger partial charge is 0.133 e. The van der Waals surface area contributed by atoms with Gasteiger partial charge >= 0.3 is 0 Å². The van der Waals surface area contributed by atoms with E-state index in [1.165, 1.54) is 0 Å². The molecular formula is C11H13BrO2. The molecule has 0 unspecified atom stereocenters. The highest BCUT2D eigenvalue weighted by Gasteiger charge is 2.01. The summed E-state index contributed by atoms with van der Waals surface area (Å²) in [6.07, 6.45) is 2.68. The lowest BCUT2D eigenvalue weighted by molar-refractivity contribution is 0.322. The fraction of sp³-hybridized carbons (Fsp3) is 0.273. The van der Waals surface area contributed by atoms with Gasteiger partial charge in [0.1, 0.15) is 11.5 Å². The van der Waals surface area contributed by atoms with E-state index in [0.29, 0.717) is 6.61 Å². The van der Waals surface area contributed by atoms with Crippen molar-refractivity contribution in [3.63, 3.8) is 0 Å². The molecule has 0 aliphatic rings. The van der Waals surface area contributed by atoms with E-state index < -0.39 is 0 Å². The predicted molar refractivity (Wildman–Crippen MR) is 61.0 cm³/mol. The molecule has 14 heavy (non-hydrogen) atoms. The zero-order valence-corrected chi connectivity index (χ0v) is 9.71. The number of rotatable bonds is 5. The topological polar surface area (TPSA) is 18.5 Å². The van der Waals surface area contributed by atoms with Crippen molar-refractivity contribution in [3.8, 4) is 11.5 Å². The number of halogens is 1. The summed E-state index contributed by atoms with van der Waals surface area (Å²) >= 11 is 3.41. The van der Waals surface area contributed by atoms with Gasteiger partial charge in [-0.1, -0.05) is 6.08 Å². The summed E-state index contributed by atoms with van der Waals surface area (Å²) in [6.45, 7) is 4.28. The van der Waals surface area contributed by atoms with Crippen LogP contribution in [0.2, 0.25) is 0 Å². The Balaban J connectivity index is 2.63. The lowest BCUT2D eigenvalue weighted by Crippen LogP contribution is -1.96. The van der Waals surface area contributed by atoms with Crippen molar-refractivity contribution >= 4 is 15.9 Å². The second kappa shape index (κ2) is 5.70. The van der Waals surface area contributed by atoms with Crippen molar-refractivity contribution in [2.24, 2.45) is 0 Å². The fourth-order valence-corrected chi connectivity index (χ4v) is 1.45. The average molecular weight is 257 g/mol. The van der Waals surface area contributed by atoms with Crippen LogP contribution in [0, 0.1) is 0 Å². The minimum Gasteiger partial charge on any atom is -0.497 e. The van der Waals surface area contributed by atoms with Gasteiger partial charge in [-0.15, -0.1) is 6.58 Å². The molecule has 2 nitrogen and oxygen atoms in total. The first-order valence-electron chi connectivity index (χ1n) is 4.35. The van der Waals surface area contributed by atoms with Gasteiger partial charge in [0.25, 0.3) is 0 Å². The summed E-state index contributed by atoms with van der Waals surface area (Å²) < 4.78 is 11.5. The molecule has 0 N–H and O–H groups in total. The maximum absolute atomic E-state index is 5.50. The molecule has 0 radical (unpaired) electrons. The Labute approximate surface area is 92.7 Å². The van der Waals surface area contributed by atoms with Crippen LogP contribution in [-0.4, -0.2) is 13.7 Å². The molecule has 0 atom stereocenters. The van der Waals surface area contributed by atoms with Crippen LogP contribution in [0.5, 0.6) is 11.5 Å². The summed E-state index contributed by atoms with van der Waals surface area (Å²) in [6, 6.07) is 5.63. The number of benzene rings is 1. The standard InChI is InChI=1S/C11H13BrO2/c1-3-4-7-14-11-6-5-9(13-2)8-10(11)12/h3,5-6,8H,1,4,7H2,2H3. The Morgan fingerprint density at radius 3 is 2.86 bits per heavy atom. The van der Waals surface area contributed by atoms with Crippen LogP contribution < -0.4 is 9.47 Å². The highest BCUT2D eigenvalue weighted by atomic mass is 79.9. The Bertz CT molecular complexity index is 310. The SMILES string of the molecule is C=CCCOc1ccc(OC)cc1Br. The van der Waals surface area contributed by atoms with E-state index >= 15 is 0 Å². The van der Waals surface area contributed by atoms with Crippen molar-refractivity contribution in [3.05, 3.63) is 35.3 Å². The number of methoxy groups -OCH3 is 1. The Kier molecular flexibility index (Phi) is 4.53. The van der Waals surface area contributed by atoms with Crippen LogP contribution in [0.1, 0.15) is 6.42 Å². The molecular weight excluding hydrogens is 244 g/mol. The minimum absolute atomic E-state index is 0.647. The number of hydrogen-bond acceptors (Lipinski definition) is 2. The normalized spacial score (nSPS) is 9.57. The van der Waals surface area contributed by atoms with Gasteiger partial charge in [-0.2, -0.15) is 0 Å². The van der Waals surface area contributed by atoms with E-state index in [0.717, 1.165) is 22.4 Å². The van der Waals surface area contributed by atoms with E-state index in [4.69, 9.17) is 9.47 Å². The van der Waals surface area contributed by atoms with Crippen molar-refractivity contribution < 1.29 is 9.47 Å². The first-order valence-corrected chi connectivity index (χ1v) is 5.14. The summed E-state index contributed by atoms with van der Waals surface area (Å²) in [5, 5.41) is 0. The van der Waals surface area contributed by atoms with Crippen molar-refractivity contribution in [1.82, 2.24) is 0 Å². The highest BCUT2D eigenvalue weighted by Crippen LogP contribution is 2.29. The molecule has 0 fully saturated rings. The molecule has 0 spiro atoms. The Morgan fingerprint density at radius 2 is 2.29 bits per heavy atom. The molecule has 3 heteroatoms.